The molecule has 0 aliphatic rings. The molecule has 0 aromatic heterocycles. The van der Waals surface area contributed by atoms with E-state index in [1.807, 2.05) is 0 Å². The molecule has 0 spiro atoms. The zero-order chi connectivity index (χ0) is 24.5. The molecule has 176 valence electrons. The smallest absolute Gasteiger partial charge is 0.329 e. The molecule has 0 aliphatic carbocycles. The predicted octanol–water partition coefficient (Wildman–Crippen LogP) is 4.68. The number of halogens is 2. The number of anilines is 1. The standard InChI is InChI=1S/C24H21Cl2N3O5/c1-32-19-7-5-18(6-8-19)28-23(30)24(31)29-27-13-15-3-9-21(33-2)16(11-15)14-34-22-10-4-17(25)12-20(22)26/h3-13H,14H2,1-2H3,(H,28,30)(H,29,31)/b27-13+. The monoisotopic (exact) mass is 501 g/mol. The van der Waals surface area contributed by atoms with Gasteiger partial charge in [0, 0.05) is 16.3 Å². The summed E-state index contributed by atoms with van der Waals surface area (Å²) in [4.78, 5) is 24.1. The summed E-state index contributed by atoms with van der Waals surface area (Å²) in [5, 5.41) is 7.22. The Kier molecular flexibility index (Phi) is 8.73. The molecule has 0 atom stereocenters. The Hall–Kier alpha value is -3.75. The molecular formula is C24H21Cl2N3O5. The Labute approximate surface area is 206 Å². The van der Waals surface area contributed by atoms with Gasteiger partial charge in [0.25, 0.3) is 0 Å². The maximum absolute atomic E-state index is 12.0. The maximum Gasteiger partial charge on any atom is 0.329 e. The number of rotatable bonds is 8. The fraction of sp³-hybridized carbons (Fsp3) is 0.125. The fourth-order valence-electron chi connectivity index (χ4n) is 2.82. The van der Waals surface area contributed by atoms with Crippen molar-refractivity contribution in [3.8, 4) is 17.2 Å². The lowest BCUT2D eigenvalue weighted by Crippen LogP contribution is -2.32. The summed E-state index contributed by atoms with van der Waals surface area (Å²) in [5.74, 6) is -0.0625. The molecule has 8 nitrogen and oxygen atoms in total. The highest BCUT2D eigenvalue weighted by molar-refractivity contribution is 6.39. The van der Waals surface area contributed by atoms with E-state index in [-0.39, 0.29) is 6.61 Å². The van der Waals surface area contributed by atoms with Crippen LogP contribution in [0, 0.1) is 0 Å². The number of hydrogen-bond acceptors (Lipinski definition) is 6. The molecule has 0 heterocycles. The molecule has 0 fully saturated rings. The highest BCUT2D eigenvalue weighted by atomic mass is 35.5. The highest BCUT2D eigenvalue weighted by Gasteiger charge is 2.13. The molecule has 0 unspecified atom stereocenters. The van der Waals surface area contributed by atoms with Gasteiger partial charge in [-0.15, -0.1) is 0 Å². The third-order valence-electron chi connectivity index (χ3n) is 4.52. The van der Waals surface area contributed by atoms with Crippen LogP contribution in [0.15, 0.2) is 65.8 Å². The van der Waals surface area contributed by atoms with Crippen molar-refractivity contribution in [2.75, 3.05) is 19.5 Å². The number of hydrazone groups is 1. The first-order valence-electron chi connectivity index (χ1n) is 9.93. The summed E-state index contributed by atoms with van der Waals surface area (Å²) in [6.45, 7) is 0.169. The molecule has 3 aromatic rings. The largest absolute Gasteiger partial charge is 0.497 e. The summed E-state index contributed by atoms with van der Waals surface area (Å²) < 4.78 is 16.2. The van der Waals surface area contributed by atoms with Crippen LogP contribution in [-0.4, -0.2) is 32.2 Å². The van der Waals surface area contributed by atoms with Gasteiger partial charge in [0.2, 0.25) is 0 Å². The number of amides is 2. The molecule has 2 N–H and O–H groups in total. The van der Waals surface area contributed by atoms with Crippen LogP contribution in [0.3, 0.4) is 0 Å². The van der Waals surface area contributed by atoms with Crippen molar-refractivity contribution in [3.63, 3.8) is 0 Å². The van der Waals surface area contributed by atoms with Gasteiger partial charge in [-0.05, 0) is 66.2 Å². The van der Waals surface area contributed by atoms with Crippen molar-refractivity contribution in [3.05, 3.63) is 81.8 Å². The number of methoxy groups -OCH3 is 2. The Balaban J connectivity index is 1.60. The fourth-order valence-corrected chi connectivity index (χ4v) is 3.28. The van der Waals surface area contributed by atoms with Crippen molar-refractivity contribution in [1.29, 1.82) is 0 Å². The first-order valence-corrected chi connectivity index (χ1v) is 10.7. The first kappa shape index (κ1) is 24.9. The van der Waals surface area contributed by atoms with E-state index in [2.05, 4.69) is 15.8 Å². The second-order valence-electron chi connectivity index (χ2n) is 6.82. The van der Waals surface area contributed by atoms with Gasteiger partial charge in [-0.3, -0.25) is 9.59 Å². The number of nitrogens with one attached hydrogen (secondary N) is 2. The molecule has 0 bridgehead atoms. The lowest BCUT2D eigenvalue weighted by atomic mass is 10.1. The van der Waals surface area contributed by atoms with Gasteiger partial charge >= 0.3 is 11.8 Å². The van der Waals surface area contributed by atoms with Crippen molar-refractivity contribution in [1.82, 2.24) is 5.43 Å². The van der Waals surface area contributed by atoms with E-state index in [1.165, 1.54) is 13.3 Å². The number of carbonyl (C=O) groups is 2. The van der Waals surface area contributed by atoms with Crippen molar-refractivity contribution < 1.29 is 23.8 Å². The van der Waals surface area contributed by atoms with E-state index in [9.17, 15) is 9.59 Å². The Morgan fingerprint density at radius 2 is 1.65 bits per heavy atom. The van der Waals surface area contributed by atoms with E-state index >= 15 is 0 Å². The van der Waals surface area contributed by atoms with E-state index in [4.69, 9.17) is 37.4 Å². The van der Waals surface area contributed by atoms with Gasteiger partial charge in [0.1, 0.15) is 23.9 Å². The summed E-state index contributed by atoms with van der Waals surface area (Å²) in [6, 6.07) is 16.8. The van der Waals surface area contributed by atoms with Crippen molar-refractivity contribution in [2.45, 2.75) is 6.61 Å². The van der Waals surface area contributed by atoms with Crippen LogP contribution in [0.2, 0.25) is 10.0 Å². The molecule has 0 aliphatic heterocycles. The average Bonchev–Trinajstić information content (AvgIpc) is 2.84. The van der Waals surface area contributed by atoms with Gasteiger partial charge in [0.15, 0.2) is 0 Å². The summed E-state index contributed by atoms with van der Waals surface area (Å²) >= 11 is 12.1. The highest BCUT2D eigenvalue weighted by Crippen LogP contribution is 2.29. The van der Waals surface area contributed by atoms with Crippen LogP contribution < -0.4 is 25.0 Å². The molecular weight excluding hydrogens is 481 g/mol. The zero-order valence-corrected chi connectivity index (χ0v) is 19.8. The molecule has 2 amide bonds. The second-order valence-corrected chi connectivity index (χ2v) is 7.66. The lowest BCUT2D eigenvalue weighted by molar-refractivity contribution is -0.136. The van der Waals surface area contributed by atoms with E-state index in [0.29, 0.717) is 38.5 Å². The van der Waals surface area contributed by atoms with Crippen molar-refractivity contribution >= 4 is 46.9 Å². The van der Waals surface area contributed by atoms with Gasteiger partial charge in [-0.25, -0.2) is 5.43 Å². The van der Waals surface area contributed by atoms with Crippen LogP contribution in [-0.2, 0) is 16.2 Å². The second kappa shape index (κ2) is 11.9. The van der Waals surface area contributed by atoms with Gasteiger partial charge in [0.05, 0.1) is 25.5 Å². The molecule has 3 rings (SSSR count). The van der Waals surface area contributed by atoms with Crippen LogP contribution in [0.25, 0.3) is 0 Å². The zero-order valence-electron chi connectivity index (χ0n) is 18.3. The molecule has 0 radical (unpaired) electrons. The van der Waals surface area contributed by atoms with Gasteiger partial charge < -0.3 is 19.5 Å². The number of carbonyl (C=O) groups excluding carboxylic acids is 2. The van der Waals surface area contributed by atoms with Crippen LogP contribution in [0.4, 0.5) is 5.69 Å². The Morgan fingerprint density at radius 1 is 0.912 bits per heavy atom. The van der Waals surface area contributed by atoms with Gasteiger partial charge in [-0.1, -0.05) is 23.2 Å². The molecule has 3 aromatic carbocycles. The molecule has 0 saturated carbocycles. The van der Waals surface area contributed by atoms with E-state index in [0.717, 1.165) is 5.56 Å². The number of hydrogen-bond donors (Lipinski definition) is 2. The predicted molar refractivity (Wildman–Crippen MR) is 131 cm³/mol. The molecule has 0 saturated heterocycles. The average molecular weight is 502 g/mol. The quantitative estimate of drug-likeness (QED) is 0.265. The SMILES string of the molecule is COc1ccc(NC(=O)C(=O)N/N=C/c2ccc(OC)c(COc3ccc(Cl)cc3Cl)c2)cc1. The number of benzene rings is 3. The normalized spacial score (nSPS) is 10.6. The minimum absolute atomic E-state index is 0.169. The van der Waals surface area contributed by atoms with E-state index in [1.54, 1.807) is 67.8 Å². The number of nitrogens with zero attached hydrogens (tertiary/aromatic N) is 1. The third-order valence-corrected chi connectivity index (χ3v) is 5.05. The molecule has 10 heteroatoms. The van der Waals surface area contributed by atoms with Crippen LogP contribution >= 0.6 is 23.2 Å². The third kappa shape index (κ3) is 6.87. The summed E-state index contributed by atoms with van der Waals surface area (Å²) in [7, 11) is 3.08. The number of ether oxygens (including phenoxy) is 3. The van der Waals surface area contributed by atoms with Gasteiger partial charge in [-0.2, -0.15) is 5.10 Å². The summed E-state index contributed by atoms with van der Waals surface area (Å²) in [6.07, 6.45) is 1.40. The minimum Gasteiger partial charge on any atom is -0.497 e. The minimum atomic E-state index is -0.915. The summed E-state index contributed by atoms with van der Waals surface area (Å²) in [5.41, 5.74) is 4.02. The maximum atomic E-state index is 12.0. The lowest BCUT2D eigenvalue weighted by Gasteiger charge is -2.12. The first-order chi connectivity index (χ1) is 16.4. The van der Waals surface area contributed by atoms with Crippen LogP contribution in [0.1, 0.15) is 11.1 Å². The molecule has 34 heavy (non-hydrogen) atoms. The Morgan fingerprint density at radius 3 is 2.32 bits per heavy atom. The van der Waals surface area contributed by atoms with Crippen molar-refractivity contribution in [2.24, 2.45) is 5.10 Å². The van der Waals surface area contributed by atoms with Crippen LogP contribution in [0.5, 0.6) is 17.2 Å². The Bertz CT molecular complexity index is 1200. The topological polar surface area (TPSA) is 98.2 Å². The van der Waals surface area contributed by atoms with E-state index < -0.39 is 11.8 Å².